The molecule has 0 saturated carbocycles. The molecule has 3 aromatic rings. The van der Waals surface area contributed by atoms with E-state index in [1.807, 2.05) is 30.3 Å². The third kappa shape index (κ3) is 4.91. The summed E-state index contributed by atoms with van der Waals surface area (Å²) in [5.74, 6) is -1.04. The molecule has 8 heteroatoms. The molecule has 2 amide bonds. The summed E-state index contributed by atoms with van der Waals surface area (Å²) in [6.45, 7) is -0.704. The van der Waals surface area contributed by atoms with Crippen molar-refractivity contribution in [1.82, 2.24) is 15.6 Å². The predicted octanol–water partition coefficient (Wildman–Crippen LogP) is 1.93. The molecule has 0 aliphatic rings. The van der Waals surface area contributed by atoms with E-state index in [1.54, 1.807) is 24.3 Å². The van der Waals surface area contributed by atoms with Crippen molar-refractivity contribution in [1.29, 1.82) is 0 Å². The number of nitrogens with zero attached hydrogens (tertiary/aromatic N) is 1. The number of carbonyl (C=O) groups is 3. The minimum atomic E-state index is -0.678. The summed E-state index contributed by atoms with van der Waals surface area (Å²) < 4.78 is 10.4. The van der Waals surface area contributed by atoms with Crippen molar-refractivity contribution in [2.24, 2.45) is 0 Å². The number of aromatic nitrogens is 1. The second-order valence-corrected chi connectivity index (χ2v) is 6.33. The van der Waals surface area contributed by atoms with E-state index in [4.69, 9.17) is 9.47 Å². The number of benzene rings is 2. The molecular weight excluding hydrogens is 386 g/mol. The van der Waals surface area contributed by atoms with Crippen molar-refractivity contribution in [3.63, 3.8) is 0 Å². The summed E-state index contributed by atoms with van der Waals surface area (Å²) in [5, 5.41) is 5.30. The van der Waals surface area contributed by atoms with Crippen LogP contribution in [0.25, 0.3) is 22.2 Å². The van der Waals surface area contributed by atoms with Gasteiger partial charge >= 0.3 is 5.97 Å². The minimum absolute atomic E-state index is 0.194. The van der Waals surface area contributed by atoms with Crippen LogP contribution >= 0.6 is 0 Å². The molecular formula is C22H21N3O5. The summed E-state index contributed by atoms with van der Waals surface area (Å²) in [5.41, 5.74) is 2.29. The number of amides is 2. The van der Waals surface area contributed by atoms with Gasteiger partial charge in [0.05, 0.1) is 30.4 Å². The normalized spacial score (nSPS) is 10.3. The topological polar surface area (TPSA) is 107 Å². The Morgan fingerprint density at radius 2 is 1.77 bits per heavy atom. The van der Waals surface area contributed by atoms with Crippen LogP contribution in [0.4, 0.5) is 0 Å². The Labute approximate surface area is 173 Å². The Kier molecular flexibility index (Phi) is 6.59. The van der Waals surface area contributed by atoms with Crippen LogP contribution in [-0.2, 0) is 14.3 Å². The van der Waals surface area contributed by atoms with Crippen molar-refractivity contribution >= 4 is 28.7 Å². The van der Waals surface area contributed by atoms with Crippen LogP contribution in [0.1, 0.15) is 10.4 Å². The smallest absolute Gasteiger partial charge is 0.339 e. The number of methoxy groups -OCH3 is 1. The second kappa shape index (κ2) is 9.51. The Bertz CT molecular complexity index is 1080. The Hall–Kier alpha value is -3.94. The molecule has 0 aliphatic carbocycles. The number of rotatable bonds is 7. The third-order valence-corrected chi connectivity index (χ3v) is 4.36. The highest BCUT2D eigenvalue weighted by Crippen LogP contribution is 2.28. The lowest BCUT2D eigenvalue weighted by Crippen LogP contribution is -2.37. The third-order valence-electron chi connectivity index (χ3n) is 4.36. The van der Waals surface area contributed by atoms with Crippen molar-refractivity contribution in [3.8, 4) is 17.0 Å². The first-order valence-corrected chi connectivity index (χ1v) is 9.20. The maximum atomic E-state index is 12.8. The highest BCUT2D eigenvalue weighted by Gasteiger charge is 2.17. The fourth-order valence-electron chi connectivity index (χ4n) is 2.78. The molecule has 154 valence electrons. The average Bonchev–Trinajstić information content (AvgIpc) is 2.80. The summed E-state index contributed by atoms with van der Waals surface area (Å²) >= 11 is 0. The summed E-state index contributed by atoms with van der Waals surface area (Å²) in [6.07, 6.45) is 0. The van der Waals surface area contributed by atoms with E-state index in [9.17, 15) is 14.4 Å². The van der Waals surface area contributed by atoms with Gasteiger partial charge in [-0.3, -0.25) is 9.59 Å². The zero-order valence-corrected chi connectivity index (χ0v) is 16.6. The van der Waals surface area contributed by atoms with Gasteiger partial charge in [0.25, 0.3) is 5.91 Å². The van der Waals surface area contributed by atoms with E-state index in [2.05, 4.69) is 15.6 Å². The van der Waals surface area contributed by atoms with Crippen molar-refractivity contribution in [2.45, 2.75) is 0 Å². The Morgan fingerprint density at radius 3 is 2.47 bits per heavy atom. The molecule has 0 aliphatic heterocycles. The lowest BCUT2D eigenvalue weighted by atomic mass is 10.0. The minimum Gasteiger partial charge on any atom is -0.497 e. The molecule has 0 saturated heterocycles. The van der Waals surface area contributed by atoms with Gasteiger partial charge in [-0.15, -0.1) is 0 Å². The van der Waals surface area contributed by atoms with E-state index in [1.165, 1.54) is 14.2 Å². The monoisotopic (exact) mass is 407 g/mol. The molecule has 0 unspecified atom stereocenters. The molecule has 30 heavy (non-hydrogen) atoms. The molecule has 1 aromatic heterocycles. The lowest BCUT2D eigenvalue weighted by molar-refractivity contribution is -0.127. The maximum Gasteiger partial charge on any atom is 0.339 e. The van der Waals surface area contributed by atoms with Crippen LogP contribution in [-0.4, -0.2) is 50.1 Å². The van der Waals surface area contributed by atoms with Gasteiger partial charge < -0.3 is 20.1 Å². The predicted molar refractivity (Wildman–Crippen MR) is 111 cm³/mol. The zero-order valence-electron chi connectivity index (χ0n) is 16.6. The van der Waals surface area contributed by atoms with Gasteiger partial charge in [0.1, 0.15) is 5.75 Å². The van der Waals surface area contributed by atoms with Crippen molar-refractivity contribution in [2.75, 3.05) is 27.3 Å². The Morgan fingerprint density at radius 1 is 1.00 bits per heavy atom. The Balaban J connectivity index is 1.89. The average molecular weight is 407 g/mol. The summed E-state index contributed by atoms with van der Waals surface area (Å²) in [6, 6.07) is 16.3. The van der Waals surface area contributed by atoms with Crippen molar-refractivity contribution < 1.29 is 23.9 Å². The number of hydrogen-bond acceptors (Lipinski definition) is 6. The van der Waals surface area contributed by atoms with Crippen LogP contribution in [0.5, 0.6) is 5.75 Å². The van der Waals surface area contributed by atoms with Gasteiger partial charge in [-0.25, -0.2) is 9.78 Å². The number of nitrogens with one attached hydrogen (secondary N) is 2. The zero-order chi connectivity index (χ0) is 21.5. The number of fused-ring (bicyclic) bond motifs is 1. The number of hydrogen-bond donors (Lipinski definition) is 2. The van der Waals surface area contributed by atoms with Gasteiger partial charge in [0.15, 0.2) is 6.61 Å². The van der Waals surface area contributed by atoms with Gasteiger partial charge in [-0.05, 0) is 24.3 Å². The summed E-state index contributed by atoms with van der Waals surface area (Å²) in [7, 11) is 2.99. The molecule has 0 spiro atoms. The maximum absolute atomic E-state index is 12.8. The quantitative estimate of drug-likeness (QED) is 0.580. The molecule has 1 heterocycles. The van der Waals surface area contributed by atoms with Crippen LogP contribution in [0.2, 0.25) is 0 Å². The molecule has 0 radical (unpaired) electrons. The highest BCUT2D eigenvalue weighted by atomic mass is 16.5. The van der Waals surface area contributed by atoms with E-state index in [0.717, 1.165) is 5.56 Å². The SMILES string of the molecule is CNC(=O)CNC(=O)COC(=O)c1cc(-c2ccccc2)nc2ccc(OC)cc12. The van der Waals surface area contributed by atoms with Crippen LogP contribution < -0.4 is 15.4 Å². The van der Waals surface area contributed by atoms with Crippen molar-refractivity contribution in [3.05, 3.63) is 60.2 Å². The standard InChI is InChI=1S/C22H21N3O5/c1-23-20(26)12-24-21(27)13-30-22(28)17-11-19(14-6-4-3-5-7-14)25-18-9-8-15(29-2)10-16(17)18/h3-11H,12-13H2,1-2H3,(H,23,26)(H,24,27). The molecule has 3 rings (SSSR count). The summed E-state index contributed by atoms with van der Waals surface area (Å²) in [4.78, 5) is 40.5. The largest absolute Gasteiger partial charge is 0.497 e. The van der Waals surface area contributed by atoms with E-state index >= 15 is 0 Å². The molecule has 2 aromatic carbocycles. The van der Waals surface area contributed by atoms with Crippen LogP contribution in [0.15, 0.2) is 54.6 Å². The fraction of sp³-hybridized carbons (Fsp3) is 0.182. The molecule has 2 N–H and O–H groups in total. The molecule has 0 bridgehead atoms. The van der Waals surface area contributed by atoms with Gasteiger partial charge in [0.2, 0.25) is 5.91 Å². The second-order valence-electron chi connectivity index (χ2n) is 6.33. The first kappa shape index (κ1) is 20.8. The number of ether oxygens (including phenoxy) is 2. The number of pyridine rings is 1. The highest BCUT2D eigenvalue weighted by molar-refractivity contribution is 6.05. The van der Waals surface area contributed by atoms with E-state index in [-0.39, 0.29) is 18.0 Å². The number of carbonyl (C=O) groups excluding carboxylic acids is 3. The lowest BCUT2D eigenvalue weighted by Gasteiger charge is -2.11. The first-order valence-electron chi connectivity index (χ1n) is 9.20. The number of esters is 1. The van der Waals surface area contributed by atoms with E-state index in [0.29, 0.717) is 22.3 Å². The van der Waals surface area contributed by atoms with Gasteiger partial charge in [-0.1, -0.05) is 30.3 Å². The molecule has 0 atom stereocenters. The molecule has 0 fully saturated rings. The first-order chi connectivity index (χ1) is 14.5. The van der Waals surface area contributed by atoms with Crippen LogP contribution in [0, 0.1) is 0 Å². The van der Waals surface area contributed by atoms with E-state index < -0.39 is 18.5 Å². The fourth-order valence-corrected chi connectivity index (χ4v) is 2.78. The van der Waals surface area contributed by atoms with Gasteiger partial charge in [-0.2, -0.15) is 0 Å². The molecule has 8 nitrogen and oxygen atoms in total. The number of likely N-dealkylation sites (N-methyl/N-ethyl adjacent to an activating group) is 1. The van der Waals surface area contributed by atoms with Gasteiger partial charge in [0, 0.05) is 18.0 Å². The van der Waals surface area contributed by atoms with Crippen LogP contribution in [0.3, 0.4) is 0 Å².